The fourth-order valence-corrected chi connectivity index (χ4v) is 3.65. The molecule has 4 rings (SSSR count). The number of amides is 1. The maximum absolute atomic E-state index is 12.6. The highest BCUT2D eigenvalue weighted by molar-refractivity contribution is 6.07. The van der Waals surface area contributed by atoms with Gasteiger partial charge in [0, 0.05) is 23.6 Å². The summed E-state index contributed by atoms with van der Waals surface area (Å²) in [6.07, 6.45) is 4.01. The molecule has 1 amide bonds. The molecule has 2 aromatic carbocycles. The molecule has 5 nitrogen and oxygen atoms in total. The summed E-state index contributed by atoms with van der Waals surface area (Å²) in [7, 11) is 0. The van der Waals surface area contributed by atoms with Crippen molar-refractivity contribution in [3.63, 3.8) is 0 Å². The molecule has 27 heavy (non-hydrogen) atoms. The van der Waals surface area contributed by atoms with Crippen LogP contribution >= 0.6 is 0 Å². The van der Waals surface area contributed by atoms with Crippen LogP contribution in [0.2, 0.25) is 0 Å². The summed E-state index contributed by atoms with van der Waals surface area (Å²) in [5.41, 5.74) is 4.36. The van der Waals surface area contributed by atoms with E-state index in [1.54, 1.807) is 6.20 Å². The van der Waals surface area contributed by atoms with E-state index in [1.807, 2.05) is 42.5 Å². The van der Waals surface area contributed by atoms with Gasteiger partial charge in [0.15, 0.2) is 0 Å². The Kier molecular flexibility index (Phi) is 4.91. The lowest BCUT2D eigenvalue weighted by atomic mass is 9.98. The van der Waals surface area contributed by atoms with Crippen molar-refractivity contribution in [1.82, 2.24) is 15.6 Å². The predicted octanol–water partition coefficient (Wildman–Crippen LogP) is 3.44. The van der Waals surface area contributed by atoms with Crippen LogP contribution in [-0.4, -0.2) is 30.5 Å². The summed E-state index contributed by atoms with van der Waals surface area (Å²) in [4.78, 5) is 15.8. The standard InChI is InChI=1S/C22H22N4O/c23-12-15-1-3-17(4-2-15)18-5-6-19-20(14-25-21(19)11-18)22(27)26-13-16-7-9-24-10-8-16/h1-6,11,14,16,24-25H,7-10,13H2,(H,26,27). The summed E-state index contributed by atoms with van der Waals surface area (Å²) in [5.74, 6) is 0.536. The number of nitriles is 1. The molecular weight excluding hydrogens is 336 g/mol. The first-order chi connectivity index (χ1) is 13.2. The minimum Gasteiger partial charge on any atom is -0.360 e. The Hall–Kier alpha value is -3.10. The molecule has 0 radical (unpaired) electrons. The van der Waals surface area contributed by atoms with Crippen molar-refractivity contribution in [2.45, 2.75) is 12.8 Å². The third-order valence-corrected chi connectivity index (χ3v) is 5.28. The number of piperidine rings is 1. The first-order valence-corrected chi connectivity index (χ1v) is 9.35. The number of H-pyrrole nitrogens is 1. The lowest BCUT2D eigenvalue weighted by Crippen LogP contribution is -2.35. The molecule has 1 saturated heterocycles. The average Bonchev–Trinajstić information content (AvgIpc) is 3.16. The lowest BCUT2D eigenvalue weighted by Gasteiger charge is -2.22. The Bertz CT molecular complexity index is 991. The Morgan fingerprint density at radius 1 is 1.11 bits per heavy atom. The third kappa shape index (κ3) is 3.71. The fourth-order valence-electron chi connectivity index (χ4n) is 3.65. The van der Waals surface area contributed by atoms with Crippen LogP contribution in [0.4, 0.5) is 0 Å². The number of nitrogens with one attached hydrogen (secondary N) is 3. The van der Waals surface area contributed by atoms with Gasteiger partial charge in [-0.1, -0.05) is 24.3 Å². The highest BCUT2D eigenvalue weighted by atomic mass is 16.1. The monoisotopic (exact) mass is 358 g/mol. The SMILES string of the molecule is N#Cc1ccc(-c2ccc3c(C(=O)NCC4CCNCC4)c[nH]c3c2)cc1. The van der Waals surface area contributed by atoms with E-state index in [2.05, 4.69) is 21.7 Å². The molecule has 1 aliphatic rings. The smallest absolute Gasteiger partial charge is 0.253 e. The average molecular weight is 358 g/mol. The molecule has 0 spiro atoms. The zero-order valence-electron chi connectivity index (χ0n) is 15.1. The van der Waals surface area contributed by atoms with Gasteiger partial charge in [-0.05, 0) is 61.2 Å². The summed E-state index contributed by atoms with van der Waals surface area (Å²) < 4.78 is 0. The van der Waals surface area contributed by atoms with Crippen molar-refractivity contribution in [1.29, 1.82) is 5.26 Å². The number of aromatic amines is 1. The molecular formula is C22H22N4O. The molecule has 1 aliphatic heterocycles. The second kappa shape index (κ2) is 7.65. The topological polar surface area (TPSA) is 80.7 Å². The van der Waals surface area contributed by atoms with Crippen molar-refractivity contribution in [2.24, 2.45) is 5.92 Å². The van der Waals surface area contributed by atoms with Gasteiger partial charge in [-0.3, -0.25) is 4.79 Å². The zero-order valence-corrected chi connectivity index (χ0v) is 15.1. The molecule has 3 N–H and O–H groups in total. The maximum atomic E-state index is 12.6. The van der Waals surface area contributed by atoms with Crippen molar-refractivity contribution in [2.75, 3.05) is 19.6 Å². The third-order valence-electron chi connectivity index (χ3n) is 5.28. The summed E-state index contributed by atoms with van der Waals surface area (Å²) in [6.45, 7) is 2.80. The van der Waals surface area contributed by atoms with Crippen LogP contribution in [-0.2, 0) is 0 Å². The number of nitrogens with zero attached hydrogens (tertiary/aromatic N) is 1. The largest absolute Gasteiger partial charge is 0.360 e. The number of hydrogen-bond donors (Lipinski definition) is 3. The normalized spacial score (nSPS) is 14.8. The molecule has 0 aliphatic carbocycles. The van der Waals surface area contributed by atoms with E-state index in [0.29, 0.717) is 17.0 Å². The molecule has 1 fully saturated rings. The molecule has 5 heteroatoms. The summed E-state index contributed by atoms with van der Waals surface area (Å²) in [6, 6.07) is 15.7. The number of aromatic nitrogens is 1. The van der Waals surface area contributed by atoms with Crippen molar-refractivity contribution in [3.8, 4) is 17.2 Å². The van der Waals surface area contributed by atoms with Crippen molar-refractivity contribution >= 4 is 16.8 Å². The number of benzene rings is 2. The molecule has 0 bridgehead atoms. The molecule has 2 heterocycles. The quantitative estimate of drug-likeness (QED) is 0.668. The molecule has 0 atom stereocenters. The minimum atomic E-state index is -0.0223. The van der Waals surface area contributed by atoms with Crippen LogP contribution in [0.5, 0.6) is 0 Å². The van der Waals surface area contributed by atoms with E-state index in [0.717, 1.165) is 54.5 Å². The Labute approximate surface area is 158 Å². The van der Waals surface area contributed by atoms with Gasteiger partial charge < -0.3 is 15.6 Å². The van der Waals surface area contributed by atoms with Crippen LogP contribution in [0, 0.1) is 17.2 Å². The van der Waals surface area contributed by atoms with Crippen LogP contribution in [0.3, 0.4) is 0 Å². The van der Waals surface area contributed by atoms with E-state index in [4.69, 9.17) is 5.26 Å². The van der Waals surface area contributed by atoms with Gasteiger partial charge in [-0.2, -0.15) is 5.26 Å². The van der Waals surface area contributed by atoms with Gasteiger partial charge in [0.05, 0.1) is 17.2 Å². The van der Waals surface area contributed by atoms with E-state index in [1.165, 1.54) is 0 Å². The Balaban J connectivity index is 1.51. The molecule has 0 unspecified atom stereocenters. The first-order valence-electron chi connectivity index (χ1n) is 9.35. The maximum Gasteiger partial charge on any atom is 0.253 e. The number of rotatable bonds is 4. The van der Waals surface area contributed by atoms with Gasteiger partial charge in [-0.25, -0.2) is 0 Å². The molecule has 136 valence electrons. The number of fused-ring (bicyclic) bond motifs is 1. The first kappa shape index (κ1) is 17.3. The molecule has 0 saturated carbocycles. The summed E-state index contributed by atoms with van der Waals surface area (Å²) >= 11 is 0. The van der Waals surface area contributed by atoms with E-state index < -0.39 is 0 Å². The second-order valence-electron chi connectivity index (χ2n) is 7.06. The van der Waals surface area contributed by atoms with E-state index in [9.17, 15) is 4.79 Å². The number of carbonyl (C=O) groups excluding carboxylic acids is 1. The Morgan fingerprint density at radius 3 is 2.59 bits per heavy atom. The summed E-state index contributed by atoms with van der Waals surface area (Å²) in [5, 5.41) is 16.3. The van der Waals surface area contributed by atoms with Crippen molar-refractivity contribution in [3.05, 3.63) is 59.8 Å². The van der Waals surface area contributed by atoms with E-state index >= 15 is 0 Å². The lowest BCUT2D eigenvalue weighted by molar-refractivity contribution is 0.0946. The predicted molar refractivity (Wildman–Crippen MR) is 106 cm³/mol. The van der Waals surface area contributed by atoms with Crippen LogP contribution in [0.15, 0.2) is 48.7 Å². The minimum absolute atomic E-state index is 0.0223. The van der Waals surface area contributed by atoms with Gasteiger partial charge >= 0.3 is 0 Å². The van der Waals surface area contributed by atoms with E-state index in [-0.39, 0.29) is 5.91 Å². The van der Waals surface area contributed by atoms with Gasteiger partial charge in [0.2, 0.25) is 0 Å². The van der Waals surface area contributed by atoms with Crippen LogP contribution in [0.1, 0.15) is 28.8 Å². The highest BCUT2D eigenvalue weighted by Gasteiger charge is 2.16. The highest BCUT2D eigenvalue weighted by Crippen LogP contribution is 2.26. The van der Waals surface area contributed by atoms with Gasteiger partial charge in [-0.15, -0.1) is 0 Å². The number of carbonyl (C=O) groups is 1. The van der Waals surface area contributed by atoms with Gasteiger partial charge in [0.1, 0.15) is 0 Å². The van der Waals surface area contributed by atoms with Gasteiger partial charge in [0.25, 0.3) is 5.91 Å². The zero-order chi connectivity index (χ0) is 18.6. The van der Waals surface area contributed by atoms with Crippen molar-refractivity contribution < 1.29 is 4.79 Å². The fraction of sp³-hybridized carbons (Fsp3) is 0.273. The van der Waals surface area contributed by atoms with Crippen LogP contribution in [0.25, 0.3) is 22.0 Å². The second-order valence-corrected chi connectivity index (χ2v) is 7.06. The van der Waals surface area contributed by atoms with Crippen LogP contribution < -0.4 is 10.6 Å². The number of hydrogen-bond acceptors (Lipinski definition) is 3. The molecule has 3 aromatic rings. The molecule has 1 aromatic heterocycles. The Morgan fingerprint density at radius 2 is 1.85 bits per heavy atom.